The van der Waals surface area contributed by atoms with Crippen molar-refractivity contribution < 1.29 is 14.2 Å². The standard InChI is InChI=1S/C19H18N2O4/c1-23-16-11-9-12(17(24-2)18(16)25-3)8-10-15-19(22)21-14-7-5-4-6-13(14)20-15/h4-11H,1-3H3,(H,21,22)/b10-8+. The molecule has 3 rings (SSSR count). The Kier molecular flexibility index (Phi) is 4.70. The van der Waals surface area contributed by atoms with E-state index < -0.39 is 0 Å². The first-order valence-corrected chi connectivity index (χ1v) is 7.64. The number of nitrogens with zero attached hydrogens (tertiary/aromatic N) is 1. The van der Waals surface area contributed by atoms with E-state index in [4.69, 9.17) is 14.2 Å². The molecule has 0 bridgehead atoms. The highest BCUT2D eigenvalue weighted by atomic mass is 16.5. The van der Waals surface area contributed by atoms with Crippen LogP contribution < -0.4 is 19.8 Å². The third-order valence-corrected chi connectivity index (χ3v) is 3.78. The van der Waals surface area contributed by atoms with Crippen molar-refractivity contribution >= 4 is 23.2 Å². The van der Waals surface area contributed by atoms with Crippen molar-refractivity contribution in [1.82, 2.24) is 9.97 Å². The predicted octanol–water partition coefficient (Wildman–Crippen LogP) is 3.12. The number of nitrogens with one attached hydrogen (secondary N) is 1. The Labute approximate surface area is 144 Å². The van der Waals surface area contributed by atoms with E-state index in [2.05, 4.69) is 9.97 Å². The molecule has 1 aromatic heterocycles. The summed E-state index contributed by atoms with van der Waals surface area (Å²) in [6.07, 6.45) is 3.40. The van der Waals surface area contributed by atoms with E-state index >= 15 is 0 Å². The number of rotatable bonds is 5. The molecule has 0 atom stereocenters. The second-order valence-corrected chi connectivity index (χ2v) is 5.23. The van der Waals surface area contributed by atoms with E-state index in [0.717, 1.165) is 11.1 Å². The third kappa shape index (κ3) is 3.19. The first kappa shape index (κ1) is 16.6. The minimum atomic E-state index is -0.255. The van der Waals surface area contributed by atoms with Gasteiger partial charge in [0.2, 0.25) is 5.75 Å². The van der Waals surface area contributed by atoms with Gasteiger partial charge in [0.05, 0.1) is 32.4 Å². The summed E-state index contributed by atoms with van der Waals surface area (Å²) in [5, 5.41) is 0. The minimum absolute atomic E-state index is 0.255. The largest absolute Gasteiger partial charge is 0.493 e. The number of ether oxygens (including phenoxy) is 3. The summed E-state index contributed by atoms with van der Waals surface area (Å²) < 4.78 is 16.1. The lowest BCUT2D eigenvalue weighted by molar-refractivity contribution is 0.324. The third-order valence-electron chi connectivity index (χ3n) is 3.78. The summed E-state index contributed by atoms with van der Waals surface area (Å²) in [5.41, 5.74) is 2.23. The van der Waals surface area contributed by atoms with Crippen molar-refractivity contribution in [3.63, 3.8) is 0 Å². The highest BCUT2D eigenvalue weighted by molar-refractivity contribution is 5.78. The summed E-state index contributed by atoms with van der Waals surface area (Å²) in [5.74, 6) is 1.58. The van der Waals surface area contributed by atoms with Crippen LogP contribution in [0.3, 0.4) is 0 Å². The topological polar surface area (TPSA) is 73.4 Å². The number of fused-ring (bicyclic) bond motifs is 1. The molecule has 0 amide bonds. The van der Waals surface area contributed by atoms with Crippen LogP contribution >= 0.6 is 0 Å². The van der Waals surface area contributed by atoms with Crippen molar-refractivity contribution in [2.75, 3.05) is 21.3 Å². The molecule has 0 saturated carbocycles. The van der Waals surface area contributed by atoms with Gasteiger partial charge >= 0.3 is 0 Å². The summed E-state index contributed by atoms with van der Waals surface area (Å²) >= 11 is 0. The summed E-state index contributed by atoms with van der Waals surface area (Å²) in [6, 6.07) is 11.0. The fourth-order valence-electron chi connectivity index (χ4n) is 2.58. The molecule has 0 aliphatic rings. The second kappa shape index (κ2) is 7.09. The Bertz CT molecular complexity index is 992. The number of para-hydroxylation sites is 2. The quantitative estimate of drug-likeness (QED) is 0.774. The molecule has 0 unspecified atom stereocenters. The molecule has 0 radical (unpaired) electrons. The molecule has 0 aliphatic carbocycles. The smallest absolute Gasteiger partial charge is 0.274 e. The van der Waals surface area contributed by atoms with E-state index in [0.29, 0.717) is 28.5 Å². The lowest BCUT2D eigenvalue weighted by Gasteiger charge is -2.13. The highest BCUT2D eigenvalue weighted by Crippen LogP contribution is 2.40. The van der Waals surface area contributed by atoms with Crippen molar-refractivity contribution in [2.24, 2.45) is 0 Å². The van der Waals surface area contributed by atoms with Crippen molar-refractivity contribution in [3.05, 3.63) is 58.0 Å². The first-order valence-electron chi connectivity index (χ1n) is 7.64. The number of methoxy groups -OCH3 is 3. The summed E-state index contributed by atoms with van der Waals surface area (Å²) in [7, 11) is 4.66. The highest BCUT2D eigenvalue weighted by Gasteiger charge is 2.14. The number of hydrogen-bond acceptors (Lipinski definition) is 5. The van der Waals surface area contributed by atoms with Crippen LogP contribution in [-0.4, -0.2) is 31.3 Å². The molecule has 0 aliphatic heterocycles. The van der Waals surface area contributed by atoms with Crippen LogP contribution in [0.2, 0.25) is 0 Å². The fraction of sp³-hybridized carbons (Fsp3) is 0.158. The van der Waals surface area contributed by atoms with Crippen molar-refractivity contribution in [2.45, 2.75) is 0 Å². The van der Waals surface area contributed by atoms with Gasteiger partial charge < -0.3 is 19.2 Å². The minimum Gasteiger partial charge on any atom is -0.493 e. The molecule has 25 heavy (non-hydrogen) atoms. The van der Waals surface area contributed by atoms with Crippen LogP contribution in [0, 0.1) is 0 Å². The zero-order valence-corrected chi connectivity index (χ0v) is 14.2. The predicted molar refractivity (Wildman–Crippen MR) is 97.4 cm³/mol. The first-order chi connectivity index (χ1) is 12.2. The van der Waals surface area contributed by atoms with E-state index in [1.807, 2.05) is 30.3 Å². The van der Waals surface area contributed by atoms with Crippen molar-refractivity contribution in [1.29, 1.82) is 0 Å². The summed E-state index contributed by atoms with van der Waals surface area (Å²) in [6.45, 7) is 0. The number of hydrogen-bond donors (Lipinski definition) is 1. The number of aromatic amines is 1. The normalized spacial score (nSPS) is 11.0. The van der Waals surface area contributed by atoms with Crippen LogP contribution in [0.25, 0.3) is 23.2 Å². The fourth-order valence-corrected chi connectivity index (χ4v) is 2.58. The molecule has 128 valence electrons. The Morgan fingerprint density at radius 3 is 2.40 bits per heavy atom. The van der Waals surface area contributed by atoms with Gasteiger partial charge in [-0.1, -0.05) is 12.1 Å². The number of aromatic nitrogens is 2. The Balaban J connectivity index is 2.05. The van der Waals surface area contributed by atoms with E-state index in [1.165, 1.54) is 0 Å². The van der Waals surface area contributed by atoms with Gasteiger partial charge in [0.15, 0.2) is 11.5 Å². The van der Waals surface area contributed by atoms with E-state index in [-0.39, 0.29) is 5.56 Å². The molecule has 0 spiro atoms. The van der Waals surface area contributed by atoms with Gasteiger partial charge in [-0.25, -0.2) is 4.98 Å². The molecule has 0 fully saturated rings. The van der Waals surface area contributed by atoms with Crippen LogP contribution in [0.5, 0.6) is 17.2 Å². The Hall–Kier alpha value is -3.28. The maximum absolute atomic E-state index is 12.2. The van der Waals surface area contributed by atoms with Gasteiger partial charge in [-0.3, -0.25) is 4.79 Å². The maximum Gasteiger partial charge on any atom is 0.274 e. The van der Waals surface area contributed by atoms with Gasteiger partial charge in [-0.2, -0.15) is 0 Å². The molecular weight excluding hydrogens is 320 g/mol. The van der Waals surface area contributed by atoms with Gasteiger partial charge in [0, 0.05) is 5.56 Å². The van der Waals surface area contributed by atoms with Crippen LogP contribution in [0.4, 0.5) is 0 Å². The second-order valence-electron chi connectivity index (χ2n) is 5.23. The molecule has 0 saturated heterocycles. The Morgan fingerprint density at radius 1 is 0.920 bits per heavy atom. The van der Waals surface area contributed by atoms with E-state index in [1.54, 1.807) is 39.5 Å². The molecule has 2 aromatic carbocycles. The molecule has 3 aromatic rings. The van der Waals surface area contributed by atoms with E-state index in [9.17, 15) is 4.79 Å². The molecule has 1 N–H and O–H groups in total. The van der Waals surface area contributed by atoms with Crippen LogP contribution in [0.1, 0.15) is 11.3 Å². The van der Waals surface area contributed by atoms with Gasteiger partial charge in [0.1, 0.15) is 5.69 Å². The van der Waals surface area contributed by atoms with Crippen molar-refractivity contribution in [3.8, 4) is 17.2 Å². The monoisotopic (exact) mass is 338 g/mol. The zero-order chi connectivity index (χ0) is 17.8. The number of H-pyrrole nitrogens is 1. The molecule has 6 nitrogen and oxygen atoms in total. The van der Waals surface area contributed by atoms with Gasteiger partial charge in [-0.05, 0) is 36.4 Å². The van der Waals surface area contributed by atoms with Gasteiger partial charge in [-0.15, -0.1) is 0 Å². The average Bonchev–Trinajstić information content (AvgIpc) is 2.65. The number of benzene rings is 2. The maximum atomic E-state index is 12.2. The summed E-state index contributed by atoms with van der Waals surface area (Å²) in [4.78, 5) is 19.4. The van der Waals surface area contributed by atoms with Gasteiger partial charge in [0.25, 0.3) is 5.56 Å². The molecule has 1 heterocycles. The molecule has 6 heteroatoms. The van der Waals surface area contributed by atoms with Crippen LogP contribution in [0.15, 0.2) is 41.2 Å². The lowest BCUT2D eigenvalue weighted by atomic mass is 10.1. The zero-order valence-electron chi connectivity index (χ0n) is 14.2. The average molecular weight is 338 g/mol. The molecular formula is C19H18N2O4. The Morgan fingerprint density at radius 2 is 1.68 bits per heavy atom. The SMILES string of the molecule is COc1ccc(/C=C/c2nc3ccccc3[nH]c2=O)c(OC)c1OC. The van der Waals surface area contributed by atoms with Crippen LogP contribution in [-0.2, 0) is 0 Å². The lowest BCUT2D eigenvalue weighted by Crippen LogP contribution is -2.11.